The van der Waals surface area contributed by atoms with E-state index in [2.05, 4.69) is 44.0 Å². The standard InChI is InChI=1S/C34H37N9O/c1-2-25(33(36)44)12-13-30-40-31(32(43(30)37)27-6-4-3-5-7-27)26-10-8-24(9-11-26)21-41-18-15-34(16-19-41)22-42(23-34)29-14-17-38-28(20-35)39-29/h3-14,17,25H,2,15-16,18-19,21-23,37H2,1H3,(H2,36,44)/b13-12-. The van der Waals surface area contributed by atoms with E-state index in [0.29, 0.717) is 17.7 Å². The Hall–Kier alpha value is -5.01. The Kier molecular flexibility index (Phi) is 8.13. The van der Waals surface area contributed by atoms with E-state index in [4.69, 9.17) is 21.8 Å². The maximum atomic E-state index is 11.8. The number of nitrogens with zero attached hydrogens (tertiary/aromatic N) is 7. The Morgan fingerprint density at radius 1 is 1.05 bits per heavy atom. The molecule has 1 spiro atoms. The van der Waals surface area contributed by atoms with Gasteiger partial charge in [-0.2, -0.15) is 5.26 Å². The molecule has 44 heavy (non-hydrogen) atoms. The van der Waals surface area contributed by atoms with Crippen LogP contribution in [0.2, 0.25) is 0 Å². The normalized spacial score (nSPS) is 17.0. The van der Waals surface area contributed by atoms with E-state index in [9.17, 15) is 4.79 Å². The monoisotopic (exact) mass is 587 g/mol. The summed E-state index contributed by atoms with van der Waals surface area (Å²) < 4.78 is 1.58. The summed E-state index contributed by atoms with van der Waals surface area (Å²) >= 11 is 0. The molecule has 2 saturated heterocycles. The van der Waals surface area contributed by atoms with Gasteiger partial charge in [0.1, 0.15) is 11.9 Å². The van der Waals surface area contributed by atoms with Crippen LogP contribution in [0.15, 0.2) is 72.9 Å². The first kappa shape index (κ1) is 29.1. The molecule has 0 aliphatic carbocycles. The number of nitriles is 1. The summed E-state index contributed by atoms with van der Waals surface area (Å²) in [5.41, 5.74) is 10.7. The van der Waals surface area contributed by atoms with E-state index in [-0.39, 0.29) is 17.6 Å². The minimum Gasteiger partial charge on any atom is -0.369 e. The lowest BCUT2D eigenvalue weighted by molar-refractivity contribution is -0.120. The maximum Gasteiger partial charge on any atom is 0.234 e. The second-order valence-electron chi connectivity index (χ2n) is 11.9. The molecule has 0 saturated carbocycles. The first-order valence-corrected chi connectivity index (χ1v) is 15.1. The predicted octanol–water partition coefficient (Wildman–Crippen LogP) is 4.22. The minimum atomic E-state index is -0.376. The van der Waals surface area contributed by atoms with Crippen molar-refractivity contribution < 1.29 is 4.79 Å². The number of likely N-dealkylation sites (tertiary alicyclic amines) is 1. The van der Waals surface area contributed by atoms with E-state index in [0.717, 1.165) is 73.9 Å². The van der Waals surface area contributed by atoms with Gasteiger partial charge in [0.25, 0.3) is 0 Å². The molecular weight excluding hydrogens is 550 g/mol. The van der Waals surface area contributed by atoms with Crippen molar-refractivity contribution in [1.82, 2.24) is 24.5 Å². The third-order valence-corrected chi connectivity index (χ3v) is 8.94. The maximum absolute atomic E-state index is 11.8. The lowest BCUT2D eigenvalue weighted by Crippen LogP contribution is -2.60. The number of anilines is 1. The van der Waals surface area contributed by atoms with Gasteiger partial charge in [0, 0.05) is 42.4 Å². The molecule has 2 aliphatic rings. The second-order valence-corrected chi connectivity index (χ2v) is 11.9. The van der Waals surface area contributed by atoms with Crippen molar-refractivity contribution in [3.63, 3.8) is 0 Å². The summed E-state index contributed by atoms with van der Waals surface area (Å²) in [5.74, 6) is 7.47. The summed E-state index contributed by atoms with van der Waals surface area (Å²) in [6.07, 6.45) is 8.13. The molecule has 6 rings (SSSR count). The van der Waals surface area contributed by atoms with Crippen molar-refractivity contribution in [2.24, 2.45) is 17.1 Å². The zero-order chi connectivity index (χ0) is 30.7. The molecule has 0 radical (unpaired) electrons. The quantitative estimate of drug-likeness (QED) is 0.277. The molecule has 4 N–H and O–H groups in total. The van der Waals surface area contributed by atoms with E-state index in [1.165, 1.54) is 5.56 Å². The number of hydrogen-bond donors (Lipinski definition) is 2. The van der Waals surface area contributed by atoms with Crippen LogP contribution in [-0.2, 0) is 11.3 Å². The molecule has 224 valence electrons. The largest absolute Gasteiger partial charge is 0.369 e. The molecule has 1 unspecified atom stereocenters. The van der Waals surface area contributed by atoms with Crippen molar-refractivity contribution in [1.29, 1.82) is 5.26 Å². The zero-order valence-electron chi connectivity index (χ0n) is 24.9. The van der Waals surface area contributed by atoms with Gasteiger partial charge in [-0.05, 0) is 50.1 Å². The van der Waals surface area contributed by atoms with E-state index in [1.807, 2.05) is 49.4 Å². The fraction of sp³-hybridized carbons (Fsp3) is 0.324. The van der Waals surface area contributed by atoms with Crippen LogP contribution in [0.5, 0.6) is 0 Å². The molecule has 2 fully saturated rings. The first-order chi connectivity index (χ1) is 21.4. The van der Waals surface area contributed by atoms with Gasteiger partial charge in [-0.3, -0.25) is 9.69 Å². The summed E-state index contributed by atoms with van der Waals surface area (Å²) in [5, 5.41) is 9.11. The van der Waals surface area contributed by atoms with Crippen molar-refractivity contribution in [2.45, 2.75) is 32.7 Å². The van der Waals surface area contributed by atoms with Crippen LogP contribution in [0, 0.1) is 22.7 Å². The van der Waals surface area contributed by atoms with Crippen molar-refractivity contribution in [3.05, 3.63) is 90.1 Å². The molecular formula is C34H37N9O. The van der Waals surface area contributed by atoms with E-state index < -0.39 is 0 Å². The third-order valence-electron chi connectivity index (χ3n) is 8.94. The highest BCUT2D eigenvalue weighted by Crippen LogP contribution is 2.42. The van der Waals surface area contributed by atoms with Gasteiger partial charge >= 0.3 is 0 Å². The average Bonchev–Trinajstić information content (AvgIpc) is 3.37. The van der Waals surface area contributed by atoms with Crippen LogP contribution in [0.25, 0.3) is 28.6 Å². The molecule has 4 heterocycles. The number of piperidine rings is 1. The molecule has 2 aliphatic heterocycles. The van der Waals surface area contributed by atoms with Gasteiger partial charge in [-0.15, -0.1) is 0 Å². The summed E-state index contributed by atoms with van der Waals surface area (Å²) in [6.45, 7) is 6.89. The Morgan fingerprint density at radius 2 is 1.77 bits per heavy atom. The minimum absolute atomic E-state index is 0.222. The number of carbonyl (C=O) groups is 1. The highest BCUT2D eigenvalue weighted by atomic mass is 16.1. The fourth-order valence-corrected chi connectivity index (χ4v) is 6.31. The van der Waals surface area contributed by atoms with Crippen LogP contribution < -0.4 is 16.5 Å². The fourth-order valence-electron chi connectivity index (χ4n) is 6.31. The number of benzene rings is 2. The third kappa shape index (κ3) is 5.92. The second kappa shape index (κ2) is 12.3. The van der Waals surface area contributed by atoms with Crippen LogP contribution >= 0.6 is 0 Å². The van der Waals surface area contributed by atoms with Gasteiger partial charge < -0.3 is 16.5 Å². The number of aromatic nitrogens is 4. The zero-order valence-corrected chi connectivity index (χ0v) is 24.9. The van der Waals surface area contributed by atoms with E-state index >= 15 is 0 Å². The Balaban J connectivity index is 1.13. The smallest absolute Gasteiger partial charge is 0.234 e. The van der Waals surface area contributed by atoms with E-state index in [1.54, 1.807) is 23.0 Å². The topological polar surface area (TPSA) is 143 Å². The number of hydrogen-bond acceptors (Lipinski definition) is 8. The van der Waals surface area contributed by atoms with Crippen molar-refractivity contribution in [3.8, 4) is 28.6 Å². The Morgan fingerprint density at radius 3 is 2.43 bits per heavy atom. The number of nitrogen functional groups attached to an aromatic ring is 1. The van der Waals surface area contributed by atoms with Crippen molar-refractivity contribution >= 4 is 17.8 Å². The SMILES string of the molecule is CCC(/C=C\c1nc(-c2ccc(CN3CCC4(CC3)CN(c3ccnc(C#N)n3)C4)cc2)c(-c2ccccc2)n1N)C(N)=O. The summed E-state index contributed by atoms with van der Waals surface area (Å²) in [6, 6.07) is 22.5. The summed E-state index contributed by atoms with van der Waals surface area (Å²) in [4.78, 5) is 29.8. The van der Waals surface area contributed by atoms with Gasteiger partial charge in [0.2, 0.25) is 11.7 Å². The van der Waals surface area contributed by atoms with Crippen LogP contribution in [0.1, 0.15) is 43.4 Å². The van der Waals surface area contributed by atoms with Gasteiger partial charge in [0.05, 0.1) is 17.3 Å². The predicted molar refractivity (Wildman–Crippen MR) is 171 cm³/mol. The van der Waals surface area contributed by atoms with Gasteiger partial charge in [-0.25, -0.2) is 19.6 Å². The molecule has 1 atom stereocenters. The average molecular weight is 588 g/mol. The van der Waals surface area contributed by atoms with Gasteiger partial charge in [0.15, 0.2) is 5.82 Å². The lowest BCUT2D eigenvalue weighted by atomic mass is 9.72. The molecule has 10 nitrogen and oxygen atoms in total. The van der Waals surface area contributed by atoms with Crippen LogP contribution in [0.4, 0.5) is 5.82 Å². The number of nitrogens with two attached hydrogens (primary N) is 2. The van der Waals surface area contributed by atoms with Crippen LogP contribution in [0.3, 0.4) is 0 Å². The number of amides is 1. The van der Waals surface area contributed by atoms with Gasteiger partial charge in [-0.1, -0.05) is 67.6 Å². The highest BCUT2D eigenvalue weighted by molar-refractivity contribution is 5.82. The van der Waals surface area contributed by atoms with Crippen molar-refractivity contribution in [2.75, 3.05) is 36.9 Å². The molecule has 4 aromatic rings. The highest BCUT2D eigenvalue weighted by Gasteiger charge is 2.45. The number of imidazole rings is 1. The first-order valence-electron chi connectivity index (χ1n) is 15.1. The lowest BCUT2D eigenvalue weighted by Gasteiger charge is -2.54. The number of carbonyl (C=O) groups excluding carboxylic acids is 1. The molecule has 10 heteroatoms. The molecule has 2 aromatic carbocycles. The van der Waals surface area contributed by atoms with Crippen LogP contribution in [-0.4, -0.2) is 56.6 Å². The number of rotatable bonds is 9. The molecule has 2 aromatic heterocycles. The Bertz CT molecular complexity index is 1690. The summed E-state index contributed by atoms with van der Waals surface area (Å²) in [7, 11) is 0. The Labute approximate surface area is 257 Å². The molecule has 0 bridgehead atoms. The number of primary amides is 1. The molecule has 1 amide bonds.